The Morgan fingerprint density at radius 1 is 0.381 bits per heavy atom. The summed E-state index contributed by atoms with van der Waals surface area (Å²) in [6.07, 6.45) is 0. The lowest BCUT2D eigenvalue weighted by molar-refractivity contribution is 0.0676. The number of phenols is 2. The largest absolute Gasteiger partial charge is 0.505 e. The first-order chi connectivity index (χ1) is 49.4. The Kier molecular flexibility index (Phi) is 21.6. The van der Waals surface area contributed by atoms with Crippen LogP contribution in [0.25, 0.3) is 21.5 Å². The van der Waals surface area contributed by atoms with Crippen molar-refractivity contribution in [1.29, 1.82) is 0 Å². The highest BCUT2D eigenvalue weighted by Gasteiger charge is 2.31. The third-order valence-corrected chi connectivity index (χ3v) is 17.6. The molecule has 105 heavy (non-hydrogen) atoms. The Labute approximate surface area is 589 Å². The van der Waals surface area contributed by atoms with Crippen molar-refractivity contribution in [2.45, 2.75) is 19.6 Å². The summed E-state index contributed by atoms with van der Waals surface area (Å²) in [5.74, 6) is -10.9. The molecule has 0 aliphatic rings. The first-order valence-electron chi connectivity index (χ1n) is 28.9. The van der Waals surface area contributed by atoms with Gasteiger partial charge in [-0.2, -0.15) is 57.0 Å². The normalized spacial score (nSPS) is 12.3. The van der Waals surface area contributed by atoms with E-state index in [1.165, 1.54) is 48.5 Å². The van der Waals surface area contributed by atoms with Crippen molar-refractivity contribution in [1.82, 2.24) is 29.9 Å². The van der Waals surface area contributed by atoms with Gasteiger partial charge in [0.1, 0.15) is 33.1 Å². The number of phenolic OH excluding ortho intramolecular Hbond substituents is 2. The number of aliphatic hydroxyl groups is 2. The van der Waals surface area contributed by atoms with E-state index in [1.54, 1.807) is 0 Å². The summed E-state index contributed by atoms with van der Waals surface area (Å²) < 4.78 is 134. The number of carbonyl (C=O) groups excluding carboxylic acids is 1. The molecule has 1 amide bonds. The second-order valence-corrected chi connectivity index (χ2v) is 27.2. The second kappa shape index (κ2) is 30.2. The number of anilines is 11. The molecule has 23 N–H and O–H groups in total. The van der Waals surface area contributed by atoms with Gasteiger partial charge in [0.2, 0.25) is 35.7 Å². The number of amides is 1. The molecule has 8 aromatic carbocycles. The number of hydrogen-bond acceptors (Lipinski definition) is 35. The van der Waals surface area contributed by atoms with E-state index in [0.29, 0.717) is 0 Å². The van der Waals surface area contributed by atoms with Gasteiger partial charge in [0.05, 0.1) is 77.8 Å². The van der Waals surface area contributed by atoms with E-state index in [2.05, 4.69) is 87.6 Å². The molecule has 10 aromatic rings. The maximum absolute atomic E-state index is 13.6. The molecular weight excluding hydrogens is 1480 g/mol. The van der Waals surface area contributed by atoms with Crippen LogP contribution in [0.15, 0.2) is 161 Å². The van der Waals surface area contributed by atoms with Crippen molar-refractivity contribution in [3.8, 4) is 11.5 Å². The van der Waals surface area contributed by atoms with Crippen LogP contribution in [0, 0.1) is 0 Å². The van der Waals surface area contributed by atoms with Crippen molar-refractivity contribution >= 4 is 180 Å². The molecule has 2 heterocycles. The van der Waals surface area contributed by atoms with Crippen LogP contribution in [-0.2, 0) is 20.2 Å². The number of carboxylic acid groups (broad SMARTS) is 4. The van der Waals surface area contributed by atoms with Crippen LogP contribution in [-0.4, -0.2) is 180 Å². The number of rotatable bonds is 28. The van der Waals surface area contributed by atoms with E-state index >= 15 is 0 Å². The van der Waals surface area contributed by atoms with Crippen molar-refractivity contribution < 1.29 is 118 Å². The summed E-state index contributed by atoms with van der Waals surface area (Å²) in [5.41, 5.74) is -5.03. The number of aromatic hydroxyl groups is 2. The van der Waals surface area contributed by atoms with Gasteiger partial charge in [-0.15, -0.1) is 10.2 Å². The minimum Gasteiger partial charge on any atom is -0.505 e. The predicted octanol–water partition coefficient (Wildman–Crippen LogP) is 10.1. The number of benzene rings is 8. The molecule has 0 radical (unpaired) electrons. The number of nitrogens with zero attached hydrogens (tertiary/aromatic N) is 10. The number of aliphatic hydroxyl groups excluding tert-OH is 2. The van der Waals surface area contributed by atoms with Crippen molar-refractivity contribution in [2.75, 3.05) is 63.5 Å². The van der Waals surface area contributed by atoms with Crippen LogP contribution in [0.2, 0.25) is 0 Å². The molecule has 0 aliphatic heterocycles. The average Bonchev–Trinajstić information content (AvgIpc) is 0.752. The minimum absolute atomic E-state index is 0.0981. The maximum Gasteiger partial charge on any atom is 0.335 e. The molecule has 0 bridgehead atoms. The molecule has 2 aromatic heterocycles. The van der Waals surface area contributed by atoms with Crippen LogP contribution in [0.4, 0.5) is 86.9 Å². The van der Waals surface area contributed by atoms with Crippen molar-refractivity contribution in [3.63, 3.8) is 0 Å². The quantitative estimate of drug-likeness (QED) is 0.0160. The lowest BCUT2D eigenvalue weighted by atomic mass is 10.1. The van der Waals surface area contributed by atoms with Gasteiger partial charge in [-0.1, -0.05) is 0 Å². The van der Waals surface area contributed by atoms with Gasteiger partial charge in [0.15, 0.2) is 11.5 Å². The minimum atomic E-state index is -5.14. The molecule has 0 fully saturated rings. The zero-order chi connectivity index (χ0) is 76.2. The highest BCUT2D eigenvalue weighted by Crippen LogP contribution is 2.57. The van der Waals surface area contributed by atoms with E-state index in [1.807, 2.05) is 0 Å². The van der Waals surface area contributed by atoms with Crippen molar-refractivity contribution in [2.24, 2.45) is 20.5 Å². The summed E-state index contributed by atoms with van der Waals surface area (Å²) in [5, 5.41) is 114. The summed E-state index contributed by atoms with van der Waals surface area (Å²) in [4.78, 5) is 82.7. The van der Waals surface area contributed by atoms with Gasteiger partial charge in [0, 0.05) is 46.5 Å². The Hall–Kier alpha value is -12.6. The van der Waals surface area contributed by atoms with E-state index in [9.17, 15) is 118 Å². The third-order valence-electron chi connectivity index (χ3n) is 14.1. The number of carboxylic acids is 4. The average molecular weight is 1530 g/mol. The van der Waals surface area contributed by atoms with Crippen LogP contribution >= 0.6 is 21.7 Å². The fraction of sp³-hybridized carbons (Fsp3) is 0.0678. The van der Waals surface area contributed by atoms with Gasteiger partial charge in [-0.05, 0) is 132 Å². The zero-order valence-electron chi connectivity index (χ0n) is 52.3. The summed E-state index contributed by atoms with van der Waals surface area (Å²) >= 11 is 0. The van der Waals surface area contributed by atoms with Gasteiger partial charge in [-0.25, -0.2) is 19.2 Å². The lowest BCUT2D eigenvalue weighted by Crippen LogP contribution is -2.13. The van der Waals surface area contributed by atoms with Crippen LogP contribution < -0.4 is 37.2 Å². The molecule has 0 aliphatic carbocycles. The second-order valence-electron chi connectivity index (χ2n) is 21.4. The zero-order valence-corrected chi connectivity index (χ0v) is 55.6. The summed E-state index contributed by atoms with van der Waals surface area (Å²) in [6, 6.07) is 21.3. The van der Waals surface area contributed by atoms with E-state index in [-0.39, 0.29) is 59.5 Å². The lowest BCUT2D eigenvalue weighted by Gasteiger charge is -2.23. The molecule has 546 valence electrons. The predicted molar refractivity (Wildman–Crippen MR) is 372 cm³/mol. The fourth-order valence-corrected chi connectivity index (χ4v) is 12.0. The van der Waals surface area contributed by atoms with Gasteiger partial charge in [0.25, 0.3) is 26.1 Å². The van der Waals surface area contributed by atoms with Crippen LogP contribution in [0.3, 0.4) is 0 Å². The molecule has 0 unspecified atom stereocenters. The number of nitrogens with one attached hydrogen (secondary N) is 7. The van der Waals surface area contributed by atoms with Gasteiger partial charge >= 0.3 is 23.9 Å². The number of fused-ring (bicyclic) bond motifs is 2. The first-order valence-corrected chi connectivity index (χ1v) is 34.8. The van der Waals surface area contributed by atoms with E-state index < -0.39 is 206 Å². The van der Waals surface area contributed by atoms with E-state index in [0.717, 1.165) is 72.8 Å². The summed E-state index contributed by atoms with van der Waals surface area (Å²) in [7, 11) is -20.1. The Morgan fingerprint density at radius 3 is 1.03 bits per heavy atom. The standard InChI is InChI=1S/C59H51N17O25S4/c77-11-9-60-54-67-56(71-58(69-54)65-39-23-37(102(90,91)92)19-26-21-41(104(96,97)98)45(47(79)43(26)39)75-73-35-15-28(50(82)83)13-29(16-35)51(84)85)63-33-3-1-25(2-4-33)49(81)62-32-5-7-34(8-6-32)64-57-68-55(61-10-12-78)70-59(72-57)66-40-24-38(103(93,94)95)20-27-22-42(105(99,100)101)46(48(80)44(27)40)76-74-36-17-30(52(86)87)14-31(18-36)53(88)89/h1-8,13-24,77-80,96-101H,9-12H2,(H,62,81)(H,82,83)(H,84,85)(H,86,87)(H,88,89)(H,90,91,92)(H,93,94,95)(H3,60,63,65,67,69,71)(H3,61,64,66,68,70,72). The fourth-order valence-electron chi connectivity index (χ4n) is 9.59. The smallest absolute Gasteiger partial charge is 0.335 e. The number of carbonyl (C=O) groups is 5. The highest BCUT2D eigenvalue weighted by atomic mass is 32.3. The van der Waals surface area contributed by atoms with E-state index in [4.69, 9.17) is 0 Å². The number of aromatic nitrogens is 6. The molecule has 10 rings (SSSR count). The SMILES string of the molecule is O=C(O)c1cc(N=Nc2c(S(O)(O)O)cc3cc(S(=O)(=O)O)cc(Nc4nc(NCCO)nc(Nc5ccc(NC(=O)c6ccc(Nc7nc(NCCO)nc(Nc8cc(S(=O)(=O)O)cc9cc(S(O)(O)O)c(N=Nc%10cc(C(=O)O)cc(C(=O)O)c%10)c(O)c89)n7)cc6)cc5)n4)c3c2O)cc(C(=O)O)c1. The number of aromatic carboxylic acids is 4. The first kappa shape index (κ1) is 75.1. The molecule has 0 saturated heterocycles. The molecule has 42 nitrogen and oxygen atoms in total. The topological polar surface area (TPSA) is 688 Å². The van der Waals surface area contributed by atoms with Gasteiger partial charge in [-0.3, -0.25) is 13.9 Å². The molecule has 0 spiro atoms. The third kappa shape index (κ3) is 18.0. The number of azo groups is 2. The molecule has 0 atom stereocenters. The monoisotopic (exact) mass is 1530 g/mol. The number of hydrogen-bond donors (Lipinski definition) is 23. The molecule has 0 saturated carbocycles. The highest BCUT2D eigenvalue weighted by molar-refractivity contribution is 8.19. The van der Waals surface area contributed by atoms with Gasteiger partial charge < -0.3 is 105 Å². The van der Waals surface area contributed by atoms with Crippen LogP contribution in [0.5, 0.6) is 11.5 Å². The Balaban J connectivity index is 0.893. The molecule has 46 heteroatoms. The Morgan fingerprint density at radius 2 is 0.705 bits per heavy atom. The summed E-state index contributed by atoms with van der Waals surface area (Å²) in [6.45, 7) is -1.16. The van der Waals surface area contributed by atoms with Crippen LogP contribution in [0.1, 0.15) is 51.8 Å². The Bertz CT molecular complexity index is 5440. The maximum atomic E-state index is 13.6. The van der Waals surface area contributed by atoms with Crippen molar-refractivity contribution in [3.05, 3.63) is 149 Å². The molecular formula is C59H51N17O25S4.